The molecule has 18 heavy (non-hydrogen) atoms. The van der Waals surface area contributed by atoms with Crippen LogP contribution in [0, 0.1) is 0 Å². The van der Waals surface area contributed by atoms with Gasteiger partial charge in [-0.25, -0.2) is 0 Å². The lowest BCUT2D eigenvalue weighted by Crippen LogP contribution is -2.41. The van der Waals surface area contributed by atoms with Gasteiger partial charge in [-0.15, -0.1) is 0 Å². The molecular weight excluding hydrogens is 232 g/mol. The van der Waals surface area contributed by atoms with Crippen molar-refractivity contribution in [3.8, 4) is 0 Å². The summed E-state index contributed by atoms with van der Waals surface area (Å²) in [6, 6.07) is 0. The number of amides is 1. The van der Waals surface area contributed by atoms with Gasteiger partial charge in [-0.1, -0.05) is 6.08 Å². The van der Waals surface area contributed by atoms with Gasteiger partial charge < -0.3 is 14.4 Å². The SMILES string of the molecule is C=N/C(=C\C(=C/C)COC)C(=O)N1CCOCC1. The van der Waals surface area contributed by atoms with Gasteiger partial charge in [-0.3, -0.25) is 9.79 Å². The van der Waals surface area contributed by atoms with E-state index in [0.717, 1.165) is 5.57 Å². The quantitative estimate of drug-likeness (QED) is 0.417. The molecule has 5 heteroatoms. The fraction of sp³-hybridized carbons (Fsp3) is 0.538. The van der Waals surface area contributed by atoms with E-state index >= 15 is 0 Å². The second-order valence-electron chi connectivity index (χ2n) is 3.89. The molecule has 0 saturated carbocycles. The predicted octanol–water partition coefficient (Wildman–Crippen LogP) is 1.02. The van der Waals surface area contributed by atoms with Crippen molar-refractivity contribution >= 4 is 12.6 Å². The number of allylic oxidation sites excluding steroid dienone is 1. The molecule has 1 heterocycles. The van der Waals surface area contributed by atoms with Gasteiger partial charge >= 0.3 is 0 Å². The first-order valence-corrected chi connectivity index (χ1v) is 5.92. The van der Waals surface area contributed by atoms with Crippen molar-refractivity contribution < 1.29 is 14.3 Å². The summed E-state index contributed by atoms with van der Waals surface area (Å²) in [5.74, 6) is -0.108. The number of carbonyl (C=O) groups is 1. The van der Waals surface area contributed by atoms with Crippen LogP contribution in [0.3, 0.4) is 0 Å². The zero-order valence-corrected chi connectivity index (χ0v) is 11.0. The average Bonchev–Trinajstić information content (AvgIpc) is 2.43. The number of aliphatic imine (C=N–C) groups is 1. The second kappa shape index (κ2) is 7.79. The molecule has 5 nitrogen and oxygen atoms in total. The number of methoxy groups -OCH3 is 1. The number of rotatable bonds is 5. The first kappa shape index (κ1) is 14.6. The molecule has 0 aromatic carbocycles. The maximum Gasteiger partial charge on any atom is 0.272 e. The normalized spacial score (nSPS) is 17.8. The molecule has 1 saturated heterocycles. The average molecular weight is 252 g/mol. The van der Waals surface area contributed by atoms with Crippen molar-refractivity contribution in [1.82, 2.24) is 4.90 Å². The molecule has 0 bridgehead atoms. The van der Waals surface area contributed by atoms with E-state index in [0.29, 0.717) is 38.6 Å². The molecule has 100 valence electrons. The Kier molecular flexibility index (Phi) is 6.32. The molecule has 0 aliphatic carbocycles. The first-order chi connectivity index (χ1) is 8.72. The Balaban J connectivity index is 2.77. The van der Waals surface area contributed by atoms with Crippen molar-refractivity contribution in [1.29, 1.82) is 0 Å². The lowest BCUT2D eigenvalue weighted by molar-refractivity contribution is -0.131. The lowest BCUT2D eigenvalue weighted by atomic mass is 10.2. The largest absolute Gasteiger partial charge is 0.380 e. The molecule has 0 unspecified atom stereocenters. The Morgan fingerprint density at radius 1 is 1.50 bits per heavy atom. The molecule has 0 aromatic rings. The van der Waals surface area contributed by atoms with E-state index in [1.807, 2.05) is 13.0 Å². The molecule has 0 N–H and O–H groups in total. The molecule has 0 atom stereocenters. The van der Waals surface area contributed by atoms with Gasteiger partial charge in [0.25, 0.3) is 5.91 Å². The molecule has 0 spiro atoms. The van der Waals surface area contributed by atoms with Gasteiger partial charge in [0.15, 0.2) is 0 Å². The molecule has 1 aliphatic heterocycles. The van der Waals surface area contributed by atoms with E-state index in [2.05, 4.69) is 11.7 Å². The predicted molar refractivity (Wildman–Crippen MR) is 70.7 cm³/mol. The van der Waals surface area contributed by atoms with Crippen LogP contribution in [0.5, 0.6) is 0 Å². The van der Waals surface area contributed by atoms with Crippen molar-refractivity contribution in [2.24, 2.45) is 4.99 Å². The summed E-state index contributed by atoms with van der Waals surface area (Å²) < 4.78 is 10.3. The van der Waals surface area contributed by atoms with Crippen LogP contribution < -0.4 is 0 Å². The molecule has 1 fully saturated rings. The van der Waals surface area contributed by atoms with Gasteiger partial charge in [0, 0.05) is 20.2 Å². The van der Waals surface area contributed by atoms with E-state index in [4.69, 9.17) is 9.47 Å². The van der Waals surface area contributed by atoms with Gasteiger partial charge in [0.2, 0.25) is 0 Å². The Morgan fingerprint density at radius 3 is 2.67 bits per heavy atom. The summed E-state index contributed by atoms with van der Waals surface area (Å²) >= 11 is 0. The number of ether oxygens (including phenoxy) is 2. The third-order valence-corrected chi connectivity index (χ3v) is 2.69. The Hall–Kier alpha value is -1.46. The smallest absolute Gasteiger partial charge is 0.272 e. The standard InChI is InChI=1S/C13H20N2O3/c1-4-11(10-17-3)9-12(14-2)13(16)15-5-7-18-8-6-15/h4,9H,2,5-8,10H2,1,3H3/b11-4+,12-9-. The fourth-order valence-corrected chi connectivity index (χ4v) is 1.65. The van der Waals surface area contributed by atoms with Crippen LogP contribution >= 0.6 is 0 Å². The zero-order valence-electron chi connectivity index (χ0n) is 11.0. The van der Waals surface area contributed by atoms with E-state index in [-0.39, 0.29) is 5.91 Å². The van der Waals surface area contributed by atoms with Crippen molar-refractivity contribution in [3.63, 3.8) is 0 Å². The van der Waals surface area contributed by atoms with E-state index in [1.54, 1.807) is 18.1 Å². The van der Waals surface area contributed by atoms with Gasteiger partial charge in [-0.05, 0) is 25.3 Å². The molecule has 0 radical (unpaired) electrons. The minimum absolute atomic E-state index is 0.108. The fourth-order valence-electron chi connectivity index (χ4n) is 1.65. The summed E-state index contributed by atoms with van der Waals surface area (Å²) in [5.41, 5.74) is 1.25. The highest BCUT2D eigenvalue weighted by Crippen LogP contribution is 2.10. The summed E-state index contributed by atoms with van der Waals surface area (Å²) in [4.78, 5) is 17.7. The van der Waals surface area contributed by atoms with E-state index in [9.17, 15) is 4.79 Å². The maximum absolute atomic E-state index is 12.2. The highest BCUT2D eigenvalue weighted by Gasteiger charge is 2.20. The van der Waals surface area contributed by atoms with Crippen molar-refractivity contribution in [2.45, 2.75) is 6.92 Å². The first-order valence-electron chi connectivity index (χ1n) is 5.92. The molecule has 0 aromatic heterocycles. The van der Waals surface area contributed by atoms with Crippen LogP contribution in [0.25, 0.3) is 0 Å². The van der Waals surface area contributed by atoms with Gasteiger partial charge in [0.1, 0.15) is 5.70 Å². The number of hydrogen-bond acceptors (Lipinski definition) is 4. The highest BCUT2D eigenvalue weighted by molar-refractivity contribution is 5.94. The number of morpholine rings is 1. The van der Waals surface area contributed by atoms with Crippen LogP contribution in [0.2, 0.25) is 0 Å². The van der Waals surface area contributed by atoms with Crippen LogP contribution in [-0.2, 0) is 14.3 Å². The number of hydrogen-bond donors (Lipinski definition) is 0. The second-order valence-corrected chi connectivity index (χ2v) is 3.89. The monoisotopic (exact) mass is 252 g/mol. The summed E-state index contributed by atoms with van der Waals surface area (Å²) in [5, 5.41) is 0. The molecule has 1 aliphatic rings. The minimum Gasteiger partial charge on any atom is -0.380 e. The third kappa shape index (κ3) is 4.09. The number of nitrogens with zero attached hydrogens (tertiary/aromatic N) is 2. The van der Waals surface area contributed by atoms with Crippen LogP contribution in [0.15, 0.2) is 28.4 Å². The highest BCUT2D eigenvalue weighted by atomic mass is 16.5. The molecule has 1 rings (SSSR count). The van der Waals surface area contributed by atoms with Crippen LogP contribution in [0.1, 0.15) is 6.92 Å². The van der Waals surface area contributed by atoms with E-state index < -0.39 is 0 Å². The van der Waals surface area contributed by atoms with Gasteiger partial charge in [0.05, 0.1) is 19.8 Å². The Morgan fingerprint density at radius 2 is 2.17 bits per heavy atom. The summed E-state index contributed by atoms with van der Waals surface area (Å²) in [6.45, 7) is 8.15. The van der Waals surface area contributed by atoms with Crippen LogP contribution in [0.4, 0.5) is 0 Å². The van der Waals surface area contributed by atoms with Crippen molar-refractivity contribution in [3.05, 3.63) is 23.4 Å². The molecule has 1 amide bonds. The number of carbonyl (C=O) groups excluding carboxylic acids is 1. The zero-order chi connectivity index (χ0) is 13.4. The summed E-state index contributed by atoms with van der Waals surface area (Å²) in [6.07, 6.45) is 3.61. The topological polar surface area (TPSA) is 51.1 Å². The third-order valence-electron chi connectivity index (χ3n) is 2.69. The van der Waals surface area contributed by atoms with Crippen molar-refractivity contribution in [2.75, 3.05) is 40.0 Å². The summed E-state index contributed by atoms with van der Waals surface area (Å²) in [7, 11) is 1.61. The maximum atomic E-state index is 12.2. The lowest BCUT2D eigenvalue weighted by Gasteiger charge is -2.26. The Labute approximate surface area is 108 Å². The minimum atomic E-state index is -0.108. The van der Waals surface area contributed by atoms with E-state index in [1.165, 1.54) is 0 Å². The van der Waals surface area contributed by atoms with Crippen LogP contribution in [-0.4, -0.2) is 57.5 Å². The molecular formula is C13H20N2O3. The van der Waals surface area contributed by atoms with Gasteiger partial charge in [-0.2, -0.15) is 0 Å². The Bertz CT molecular complexity index is 355.